The van der Waals surface area contributed by atoms with E-state index in [0.29, 0.717) is 5.69 Å². The fourth-order valence-corrected chi connectivity index (χ4v) is 2.40. The topological polar surface area (TPSA) is 64.9 Å². The molecule has 0 aliphatic rings. The van der Waals surface area contributed by atoms with Gasteiger partial charge < -0.3 is 10.3 Å². The van der Waals surface area contributed by atoms with Crippen LogP contribution in [0.15, 0.2) is 45.5 Å². The lowest BCUT2D eigenvalue weighted by atomic mass is 10.0. The Bertz CT molecular complexity index is 782. The SMILES string of the molecule is Nc1onc(-c2c(F)cc(Br)cc2F)c1-c1ccccn1. The van der Waals surface area contributed by atoms with Crippen LogP contribution in [0.25, 0.3) is 22.5 Å². The first kappa shape index (κ1) is 13.7. The predicted octanol–water partition coefficient (Wildman–Crippen LogP) is 4.03. The van der Waals surface area contributed by atoms with Crippen LogP contribution in [0.3, 0.4) is 0 Å². The van der Waals surface area contributed by atoms with Crippen molar-refractivity contribution in [3.8, 4) is 22.5 Å². The summed E-state index contributed by atoms with van der Waals surface area (Å²) in [4.78, 5) is 4.11. The lowest BCUT2D eigenvalue weighted by molar-refractivity contribution is 0.438. The van der Waals surface area contributed by atoms with E-state index >= 15 is 0 Å². The molecular formula is C14H8BrF2N3O. The fourth-order valence-electron chi connectivity index (χ4n) is 2.00. The van der Waals surface area contributed by atoms with Crippen LogP contribution in [0.2, 0.25) is 0 Å². The van der Waals surface area contributed by atoms with Crippen LogP contribution in [0.1, 0.15) is 0 Å². The first-order valence-corrected chi connectivity index (χ1v) is 6.68. The number of anilines is 1. The van der Waals surface area contributed by atoms with Gasteiger partial charge in [-0.3, -0.25) is 4.98 Å². The number of rotatable bonds is 2. The van der Waals surface area contributed by atoms with Crippen molar-refractivity contribution in [2.24, 2.45) is 0 Å². The van der Waals surface area contributed by atoms with Gasteiger partial charge in [0.15, 0.2) is 0 Å². The summed E-state index contributed by atoms with van der Waals surface area (Å²) in [6, 6.07) is 7.39. The zero-order chi connectivity index (χ0) is 15.0. The van der Waals surface area contributed by atoms with Crippen molar-refractivity contribution in [3.05, 3.63) is 52.6 Å². The highest BCUT2D eigenvalue weighted by Gasteiger charge is 2.24. The molecule has 2 heterocycles. The Morgan fingerprint density at radius 3 is 2.43 bits per heavy atom. The van der Waals surface area contributed by atoms with Gasteiger partial charge in [0.1, 0.15) is 17.3 Å². The molecule has 0 bridgehead atoms. The molecule has 0 spiro atoms. The van der Waals surface area contributed by atoms with Gasteiger partial charge in [-0.15, -0.1) is 0 Å². The normalized spacial score (nSPS) is 10.8. The number of hydrogen-bond acceptors (Lipinski definition) is 4. The van der Waals surface area contributed by atoms with Gasteiger partial charge in [-0.25, -0.2) is 8.78 Å². The van der Waals surface area contributed by atoms with Crippen molar-refractivity contribution in [2.45, 2.75) is 0 Å². The minimum atomic E-state index is -0.771. The molecule has 0 aliphatic carbocycles. The average molecular weight is 352 g/mol. The molecule has 2 N–H and O–H groups in total. The van der Waals surface area contributed by atoms with Crippen molar-refractivity contribution >= 4 is 21.8 Å². The molecule has 0 amide bonds. The van der Waals surface area contributed by atoms with Crippen LogP contribution in [-0.4, -0.2) is 10.1 Å². The Morgan fingerprint density at radius 1 is 1.10 bits per heavy atom. The molecule has 7 heteroatoms. The summed E-state index contributed by atoms with van der Waals surface area (Å²) in [5.74, 6) is -1.59. The molecule has 0 saturated carbocycles. The maximum absolute atomic E-state index is 14.1. The fraction of sp³-hybridized carbons (Fsp3) is 0. The average Bonchev–Trinajstić information content (AvgIpc) is 2.80. The summed E-state index contributed by atoms with van der Waals surface area (Å²) in [7, 11) is 0. The molecule has 0 aliphatic heterocycles. The maximum atomic E-state index is 14.1. The molecule has 1 aromatic carbocycles. The van der Waals surface area contributed by atoms with Gasteiger partial charge in [0.2, 0.25) is 5.88 Å². The van der Waals surface area contributed by atoms with Gasteiger partial charge in [-0.1, -0.05) is 27.2 Å². The Balaban J connectivity index is 2.27. The van der Waals surface area contributed by atoms with Crippen LogP contribution < -0.4 is 5.73 Å². The molecule has 0 fully saturated rings. The second kappa shape index (κ2) is 5.25. The Morgan fingerprint density at radius 2 is 1.81 bits per heavy atom. The molecule has 0 atom stereocenters. The number of nitrogens with zero attached hydrogens (tertiary/aromatic N) is 2. The van der Waals surface area contributed by atoms with Gasteiger partial charge >= 0.3 is 0 Å². The minimum Gasteiger partial charge on any atom is -0.367 e. The van der Waals surface area contributed by atoms with Crippen LogP contribution >= 0.6 is 15.9 Å². The third-order valence-electron chi connectivity index (χ3n) is 2.88. The largest absolute Gasteiger partial charge is 0.367 e. The highest BCUT2D eigenvalue weighted by molar-refractivity contribution is 9.10. The second-order valence-corrected chi connectivity index (χ2v) is 5.15. The Kier molecular flexibility index (Phi) is 3.42. The van der Waals surface area contributed by atoms with Crippen LogP contribution in [-0.2, 0) is 0 Å². The second-order valence-electron chi connectivity index (χ2n) is 4.23. The molecule has 0 unspecified atom stereocenters. The molecule has 3 rings (SSSR count). The van der Waals surface area contributed by atoms with Crippen molar-refractivity contribution < 1.29 is 13.3 Å². The Labute approximate surface area is 126 Å². The molecule has 0 saturated heterocycles. The van der Waals surface area contributed by atoms with E-state index < -0.39 is 11.6 Å². The van der Waals surface area contributed by atoms with E-state index in [4.69, 9.17) is 10.3 Å². The molecule has 2 aromatic heterocycles. The maximum Gasteiger partial charge on any atom is 0.232 e. The molecule has 21 heavy (non-hydrogen) atoms. The number of aromatic nitrogens is 2. The van der Waals surface area contributed by atoms with Crippen molar-refractivity contribution in [3.63, 3.8) is 0 Å². The molecule has 4 nitrogen and oxygen atoms in total. The van der Waals surface area contributed by atoms with E-state index in [-0.39, 0.29) is 27.2 Å². The number of nitrogens with two attached hydrogens (primary N) is 1. The van der Waals surface area contributed by atoms with Crippen LogP contribution in [0, 0.1) is 11.6 Å². The van der Waals surface area contributed by atoms with E-state index in [1.54, 1.807) is 24.4 Å². The molecule has 0 radical (unpaired) electrons. The lowest BCUT2D eigenvalue weighted by Crippen LogP contribution is -1.95. The molecule has 106 valence electrons. The van der Waals surface area contributed by atoms with E-state index in [0.717, 1.165) is 12.1 Å². The van der Waals surface area contributed by atoms with Crippen LogP contribution in [0.5, 0.6) is 0 Å². The van der Waals surface area contributed by atoms with E-state index in [1.807, 2.05) is 0 Å². The number of nitrogen functional groups attached to an aromatic ring is 1. The van der Waals surface area contributed by atoms with E-state index in [2.05, 4.69) is 26.1 Å². The third-order valence-corrected chi connectivity index (χ3v) is 3.34. The summed E-state index contributed by atoms with van der Waals surface area (Å²) in [6.07, 6.45) is 1.54. The summed E-state index contributed by atoms with van der Waals surface area (Å²) in [6.45, 7) is 0. The zero-order valence-electron chi connectivity index (χ0n) is 10.5. The quantitative estimate of drug-likeness (QED) is 0.756. The molecule has 3 aromatic rings. The van der Waals surface area contributed by atoms with Crippen molar-refractivity contribution in [1.82, 2.24) is 10.1 Å². The van der Waals surface area contributed by atoms with E-state index in [1.165, 1.54) is 0 Å². The van der Waals surface area contributed by atoms with Gasteiger partial charge in [-0.2, -0.15) is 0 Å². The smallest absolute Gasteiger partial charge is 0.232 e. The van der Waals surface area contributed by atoms with Gasteiger partial charge in [0.05, 0.1) is 16.8 Å². The first-order chi connectivity index (χ1) is 10.1. The summed E-state index contributed by atoms with van der Waals surface area (Å²) in [5, 5.41) is 3.68. The zero-order valence-corrected chi connectivity index (χ0v) is 12.1. The standard InChI is InChI=1S/C14H8BrF2N3O/c15-7-5-8(16)11(9(17)6-7)13-12(14(18)21-20-13)10-3-1-2-4-19-10/h1-6H,18H2. The Hall–Kier alpha value is -2.28. The van der Waals surface area contributed by atoms with Crippen molar-refractivity contribution in [1.29, 1.82) is 0 Å². The lowest BCUT2D eigenvalue weighted by Gasteiger charge is -2.05. The highest BCUT2D eigenvalue weighted by atomic mass is 79.9. The summed E-state index contributed by atoms with van der Waals surface area (Å²) in [5.41, 5.74) is 6.08. The monoisotopic (exact) mass is 351 g/mol. The van der Waals surface area contributed by atoms with Gasteiger partial charge in [-0.05, 0) is 24.3 Å². The number of pyridine rings is 1. The van der Waals surface area contributed by atoms with Crippen molar-refractivity contribution in [2.75, 3.05) is 5.73 Å². The number of hydrogen-bond donors (Lipinski definition) is 1. The summed E-state index contributed by atoms with van der Waals surface area (Å²) >= 11 is 3.03. The number of halogens is 3. The highest BCUT2D eigenvalue weighted by Crippen LogP contribution is 2.38. The van der Waals surface area contributed by atoms with Gasteiger partial charge in [0.25, 0.3) is 0 Å². The van der Waals surface area contributed by atoms with Gasteiger partial charge in [0, 0.05) is 10.7 Å². The molecular weight excluding hydrogens is 344 g/mol. The predicted molar refractivity (Wildman–Crippen MR) is 77.2 cm³/mol. The van der Waals surface area contributed by atoms with Crippen LogP contribution in [0.4, 0.5) is 14.7 Å². The van der Waals surface area contributed by atoms with E-state index in [9.17, 15) is 8.78 Å². The minimum absolute atomic E-state index is 0.0197. The number of benzene rings is 1. The first-order valence-electron chi connectivity index (χ1n) is 5.89. The summed E-state index contributed by atoms with van der Waals surface area (Å²) < 4.78 is 33.4. The third kappa shape index (κ3) is 2.40.